The molecule has 0 bridgehead atoms. The number of hydrogen-bond donors (Lipinski definition) is 0. The molecule has 0 N–H and O–H groups in total. The topological polar surface area (TPSA) is 34.5 Å². The normalized spacial score (nSPS) is 11.8. The van der Waals surface area contributed by atoms with Crippen LogP contribution < -0.4 is 0 Å². The summed E-state index contributed by atoms with van der Waals surface area (Å²) in [5, 5.41) is 0. The molecule has 26 heavy (non-hydrogen) atoms. The first-order chi connectivity index (χ1) is 12.6. The quantitative estimate of drug-likeness (QED) is 0.483. The summed E-state index contributed by atoms with van der Waals surface area (Å²) in [6, 6.07) is 20.4. The highest BCUT2D eigenvalue weighted by Gasteiger charge is 2.18. The molecule has 0 amide bonds. The van der Waals surface area contributed by atoms with E-state index in [1.807, 2.05) is 56.4 Å². The van der Waals surface area contributed by atoms with Crippen LogP contribution in [-0.4, -0.2) is 17.8 Å². The van der Waals surface area contributed by atoms with Gasteiger partial charge in [-0.1, -0.05) is 60.7 Å². The van der Waals surface area contributed by atoms with Crippen LogP contribution in [0.1, 0.15) is 35.4 Å². The molecule has 1 unspecified atom stereocenters. The third-order valence-electron chi connectivity index (χ3n) is 4.30. The van der Waals surface area contributed by atoms with Crippen molar-refractivity contribution < 1.29 is 4.74 Å². The predicted molar refractivity (Wildman–Crippen MR) is 110 cm³/mol. The number of nitrogens with zero attached hydrogens (tertiary/aromatic N) is 2. The van der Waals surface area contributed by atoms with Crippen molar-refractivity contribution in [1.29, 1.82) is 0 Å². The zero-order chi connectivity index (χ0) is 18.5. The molecule has 2 aromatic carbocycles. The molecule has 0 saturated carbocycles. The first-order valence-corrected chi connectivity index (χ1v) is 9.28. The minimum Gasteiger partial charge on any atom is -0.377 e. The molecular formula is C22H21BrN2O. The van der Waals surface area contributed by atoms with E-state index in [1.165, 1.54) is 0 Å². The Hall–Kier alpha value is -2.30. The van der Waals surface area contributed by atoms with Crippen LogP contribution in [0.3, 0.4) is 0 Å². The van der Waals surface area contributed by atoms with Gasteiger partial charge in [-0.15, -0.1) is 0 Å². The SMILES string of the molecule is COC(C)c1c(Br)cnc(C)c1N=C(c1ccccc1)c1ccccc1. The summed E-state index contributed by atoms with van der Waals surface area (Å²) in [5.74, 6) is 0. The van der Waals surface area contributed by atoms with Crippen molar-refractivity contribution in [2.24, 2.45) is 4.99 Å². The lowest BCUT2D eigenvalue weighted by atomic mass is 10.0. The Morgan fingerprint density at radius 1 is 1.00 bits per heavy atom. The van der Waals surface area contributed by atoms with E-state index in [4.69, 9.17) is 9.73 Å². The second kappa shape index (κ2) is 8.39. The van der Waals surface area contributed by atoms with E-state index in [0.29, 0.717) is 0 Å². The Labute approximate surface area is 162 Å². The van der Waals surface area contributed by atoms with Crippen LogP contribution in [0.4, 0.5) is 5.69 Å². The third kappa shape index (κ3) is 3.92. The van der Waals surface area contributed by atoms with Crippen LogP contribution in [0.2, 0.25) is 0 Å². The predicted octanol–water partition coefficient (Wildman–Crippen LogP) is 6.03. The summed E-state index contributed by atoms with van der Waals surface area (Å²) >= 11 is 3.61. The molecular weight excluding hydrogens is 388 g/mol. The number of benzene rings is 2. The number of aliphatic imine (C=N–C) groups is 1. The lowest BCUT2D eigenvalue weighted by molar-refractivity contribution is 0.119. The number of aromatic nitrogens is 1. The number of ether oxygens (including phenoxy) is 1. The van der Waals surface area contributed by atoms with Crippen molar-refractivity contribution in [2.75, 3.05) is 7.11 Å². The summed E-state index contributed by atoms with van der Waals surface area (Å²) < 4.78 is 6.48. The van der Waals surface area contributed by atoms with Gasteiger partial charge in [0.25, 0.3) is 0 Å². The fourth-order valence-corrected chi connectivity index (χ4v) is 3.45. The summed E-state index contributed by atoms with van der Waals surface area (Å²) in [6.07, 6.45) is 1.71. The number of methoxy groups -OCH3 is 1. The minimum atomic E-state index is -0.0994. The van der Waals surface area contributed by atoms with Crippen molar-refractivity contribution in [3.8, 4) is 0 Å². The molecule has 3 nitrogen and oxygen atoms in total. The number of pyridine rings is 1. The van der Waals surface area contributed by atoms with E-state index in [9.17, 15) is 0 Å². The van der Waals surface area contributed by atoms with Gasteiger partial charge in [0.1, 0.15) is 0 Å². The van der Waals surface area contributed by atoms with E-state index in [1.54, 1.807) is 7.11 Å². The molecule has 4 heteroatoms. The van der Waals surface area contributed by atoms with Gasteiger partial charge < -0.3 is 4.74 Å². The average molecular weight is 409 g/mol. The smallest absolute Gasteiger partial charge is 0.0919 e. The molecule has 0 saturated heterocycles. The van der Waals surface area contributed by atoms with Crippen LogP contribution in [0.5, 0.6) is 0 Å². The highest BCUT2D eigenvalue weighted by Crippen LogP contribution is 2.36. The molecule has 1 atom stereocenters. The Morgan fingerprint density at radius 3 is 2.04 bits per heavy atom. The Balaban J connectivity index is 2.26. The van der Waals surface area contributed by atoms with Crippen LogP contribution in [0.25, 0.3) is 0 Å². The fourth-order valence-electron chi connectivity index (χ4n) is 2.84. The molecule has 1 aromatic heterocycles. The third-order valence-corrected chi connectivity index (χ3v) is 4.94. The molecule has 0 fully saturated rings. The standard InChI is InChI=1S/C22H21BrN2O/c1-15-21(20(16(2)26-3)19(23)14-24-15)25-22(17-10-6-4-7-11-17)18-12-8-5-9-13-18/h4-14,16H,1-3H3. The van der Waals surface area contributed by atoms with E-state index < -0.39 is 0 Å². The second-order valence-electron chi connectivity index (χ2n) is 6.02. The number of rotatable bonds is 5. The lowest BCUT2D eigenvalue weighted by Crippen LogP contribution is -2.06. The van der Waals surface area contributed by atoms with Gasteiger partial charge in [0, 0.05) is 34.5 Å². The second-order valence-corrected chi connectivity index (χ2v) is 6.88. The average Bonchev–Trinajstić information content (AvgIpc) is 2.69. The maximum atomic E-state index is 5.58. The van der Waals surface area contributed by atoms with Gasteiger partial charge in [-0.05, 0) is 29.8 Å². The van der Waals surface area contributed by atoms with Crippen molar-refractivity contribution in [3.05, 3.63) is 93.7 Å². The summed E-state index contributed by atoms with van der Waals surface area (Å²) in [7, 11) is 1.70. The van der Waals surface area contributed by atoms with Crippen molar-refractivity contribution in [2.45, 2.75) is 20.0 Å². The summed E-state index contributed by atoms with van der Waals surface area (Å²) in [6.45, 7) is 3.99. The first kappa shape index (κ1) is 18.5. The van der Waals surface area contributed by atoms with Crippen LogP contribution in [0.15, 0.2) is 76.3 Å². The van der Waals surface area contributed by atoms with Gasteiger partial charge in [0.2, 0.25) is 0 Å². The molecule has 0 spiro atoms. The van der Waals surface area contributed by atoms with Crippen LogP contribution >= 0.6 is 15.9 Å². The Kier molecular flexibility index (Phi) is 5.96. The van der Waals surface area contributed by atoms with E-state index in [-0.39, 0.29) is 6.10 Å². The van der Waals surface area contributed by atoms with E-state index in [0.717, 1.165) is 38.3 Å². The largest absolute Gasteiger partial charge is 0.377 e. The molecule has 3 rings (SSSR count). The zero-order valence-electron chi connectivity index (χ0n) is 15.1. The molecule has 132 valence electrons. The van der Waals surface area contributed by atoms with Gasteiger partial charge in [-0.3, -0.25) is 4.98 Å². The van der Waals surface area contributed by atoms with Gasteiger partial charge in [0.05, 0.1) is 23.2 Å². The minimum absolute atomic E-state index is 0.0994. The van der Waals surface area contributed by atoms with Crippen molar-refractivity contribution in [3.63, 3.8) is 0 Å². The molecule has 0 radical (unpaired) electrons. The van der Waals surface area contributed by atoms with Gasteiger partial charge in [0.15, 0.2) is 0 Å². The van der Waals surface area contributed by atoms with Crippen LogP contribution in [0, 0.1) is 6.92 Å². The number of hydrogen-bond acceptors (Lipinski definition) is 3. The Bertz CT molecular complexity index is 867. The van der Waals surface area contributed by atoms with E-state index in [2.05, 4.69) is 45.2 Å². The Morgan fingerprint density at radius 2 is 1.54 bits per heavy atom. The molecule has 0 aliphatic rings. The lowest BCUT2D eigenvalue weighted by Gasteiger charge is -2.17. The zero-order valence-corrected chi connectivity index (χ0v) is 16.7. The van der Waals surface area contributed by atoms with Gasteiger partial charge >= 0.3 is 0 Å². The monoisotopic (exact) mass is 408 g/mol. The summed E-state index contributed by atoms with van der Waals surface area (Å²) in [5.41, 5.74) is 5.76. The number of aryl methyl sites for hydroxylation is 1. The van der Waals surface area contributed by atoms with E-state index >= 15 is 0 Å². The molecule has 0 aliphatic heterocycles. The maximum Gasteiger partial charge on any atom is 0.0919 e. The highest BCUT2D eigenvalue weighted by molar-refractivity contribution is 9.10. The van der Waals surface area contributed by atoms with Crippen LogP contribution in [-0.2, 0) is 4.74 Å². The fraction of sp³-hybridized carbons (Fsp3) is 0.182. The van der Waals surface area contributed by atoms with Crippen molar-refractivity contribution >= 4 is 27.3 Å². The number of halogens is 1. The summed E-state index contributed by atoms with van der Waals surface area (Å²) in [4.78, 5) is 9.56. The van der Waals surface area contributed by atoms with Gasteiger partial charge in [-0.25, -0.2) is 4.99 Å². The highest BCUT2D eigenvalue weighted by atomic mass is 79.9. The first-order valence-electron chi connectivity index (χ1n) is 8.49. The molecule has 1 heterocycles. The maximum absolute atomic E-state index is 5.58. The van der Waals surface area contributed by atoms with Crippen molar-refractivity contribution in [1.82, 2.24) is 4.98 Å². The molecule has 0 aliphatic carbocycles. The molecule has 3 aromatic rings. The van der Waals surface area contributed by atoms with Gasteiger partial charge in [-0.2, -0.15) is 0 Å².